The van der Waals surface area contributed by atoms with Crippen LogP contribution >= 0.6 is 0 Å². The Labute approximate surface area is 177 Å². The molecule has 1 aromatic heterocycles. The minimum Gasteiger partial charge on any atom is -0.357 e. The van der Waals surface area contributed by atoms with Gasteiger partial charge in [-0.3, -0.25) is 0 Å². The van der Waals surface area contributed by atoms with Gasteiger partial charge >= 0.3 is 0 Å². The van der Waals surface area contributed by atoms with E-state index in [1.807, 2.05) is 55.4 Å². The van der Waals surface area contributed by atoms with Crippen molar-refractivity contribution in [3.63, 3.8) is 0 Å². The monoisotopic (exact) mass is 425 g/mol. The molecule has 0 radical (unpaired) electrons. The molecule has 0 amide bonds. The van der Waals surface area contributed by atoms with Crippen LogP contribution in [-0.2, 0) is 22.9 Å². The number of benzene rings is 2. The van der Waals surface area contributed by atoms with Crippen molar-refractivity contribution in [2.75, 3.05) is 19.8 Å². The SMILES string of the molecule is CCNC(=NCc1ccc(S(C)(=O)=O)cc1)N(C)Cc1ncc(-c2ccccc2)[nH]1. The summed E-state index contributed by atoms with van der Waals surface area (Å²) < 4.78 is 23.2. The van der Waals surface area contributed by atoms with E-state index in [9.17, 15) is 8.42 Å². The minimum absolute atomic E-state index is 0.311. The fourth-order valence-corrected chi connectivity index (χ4v) is 3.62. The van der Waals surface area contributed by atoms with Gasteiger partial charge in [-0.1, -0.05) is 42.5 Å². The summed E-state index contributed by atoms with van der Waals surface area (Å²) in [6, 6.07) is 16.9. The number of guanidine groups is 1. The molecule has 0 aliphatic rings. The molecule has 30 heavy (non-hydrogen) atoms. The zero-order chi connectivity index (χ0) is 21.6. The minimum atomic E-state index is -3.19. The Morgan fingerprint density at radius 1 is 1.13 bits per heavy atom. The van der Waals surface area contributed by atoms with Crippen LogP contribution in [0.25, 0.3) is 11.3 Å². The molecule has 2 N–H and O–H groups in total. The number of aromatic nitrogens is 2. The molecular weight excluding hydrogens is 398 g/mol. The molecule has 0 saturated carbocycles. The molecule has 158 valence electrons. The number of imidazole rings is 1. The number of sulfone groups is 1. The summed E-state index contributed by atoms with van der Waals surface area (Å²) in [5.74, 6) is 1.60. The lowest BCUT2D eigenvalue weighted by Gasteiger charge is -2.21. The second kappa shape index (κ2) is 9.58. The van der Waals surface area contributed by atoms with E-state index in [-0.39, 0.29) is 0 Å². The van der Waals surface area contributed by atoms with Gasteiger partial charge in [0.15, 0.2) is 15.8 Å². The van der Waals surface area contributed by atoms with E-state index in [2.05, 4.69) is 20.3 Å². The number of H-pyrrole nitrogens is 1. The zero-order valence-corrected chi connectivity index (χ0v) is 18.3. The second-order valence-corrected chi connectivity index (χ2v) is 9.07. The smallest absolute Gasteiger partial charge is 0.194 e. The maximum absolute atomic E-state index is 11.6. The molecule has 1 heterocycles. The van der Waals surface area contributed by atoms with Crippen LogP contribution in [0.4, 0.5) is 0 Å². The van der Waals surface area contributed by atoms with Crippen LogP contribution < -0.4 is 5.32 Å². The van der Waals surface area contributed by atoms with E-state index >= 15 is 0 Å². The third-order valence-corrected chi connectivity index (χ3v) is 5.69. The van der Waals surface area contributed by atoms with Crippen molar-refractivity contribution in [2.45, 2.75) is 24.9 Å². The lowest BCUT2D eigenvalue weighted by Crippen LogP contribution is -2.38. The topological polar surface area (TPSA) is 90.4 Å². The largest absolute Gasteiger partial charge is 0.357 e. The summed E-state index contributed by atoms with van der Waals surface area (Å²) in [5, 5.41) is 3.29. The normalized spacial score (nSPS) is 12.0. The van der Waals surface area contributed by atoms with Gasteiger partial charge in [-0.15, -0.1) is 0 Å². The molecule has 0 unspecified atom stereocenters. The zero-order valence-electron chi connectivity index (χ0n) is 17.5. The average Bonchev–Trinajstić information content (AvgIpc) is 3.20. The summed E-state index contributed by atoms with van der Waals surface area (Å²) in [7, 11) is -1.24. The summed E-state index contributed by atoms with van der Waals surface area (Å²) in [4.78, 5) is 14.8. The van der Waals surface area contributed by atoms with E-state index in [1.165, 1.54) is 6.26 Å². The Balaban J connectivity index is 1.68. The van der Waals surface area contributed by atoms with Crippen molar-refractivity contribution in [1.29, 1.82) is 0 Å². The molecule has 0 saturated heterocycles. The number of rotatable bonds is 7. The van der Waals surface area contributed by atoms with Gasteiger partial charge in [-0.25, -0.2) is 18.4 Å². The van der Waals surface area contributed by atoms with Crippen molar-refractivity contribution in [3.05, 3.63) is 72.2 Å². The van der Waals surface area contributed by atoms with Crippen molar-refractivity contribution >= 4 is 15.8 Å². The first-order valence-corrected chi connectivity index (χ1v) is 11.6. The molecule has 0 aliphatic carbocycles. The summed E-state index contributed by atoms with van der Waals surface area (Å²) in [6.07, 6.45) is 3.04. The van der Waals surface area contributed by atoms with Crippen LogP contribution in [0.1, 0.15) is 18.3 Å². The summed E-state index contributed by atoms with van der Waals surface area (Å²) >= 11 is 0. The first-order chi connectivity index (χ1) is 14.4. The fourth-order valence-electron chi connectivity index (χ4n) is 2.98. The Hall–Kier alpha value is -3.13. The molecule has 0 aliphatic heterocycles. The van der Waals surface area contributed by atoms with E-state index < -0.39 is 9.84 Å². The van der Waals surface area contributed by atoms with Crippen molar-refractivity contribution < 1.29 is 8.42 Å². The number of hydrogen-bond acceptors (Lipinski definition) is 4. The van der Waals surface area contributed by atoms with Gasteiger partial charge in [0.25, 0.3) is 0 Å². The number of aromatic amines is 1. The third-order valence-electron chi connectivity index (χ3n) is 4.56. The number of hydrogen-bond donors (Lipinski definition) is 2. The van der Waals surface area contributed by atoms with Gasteiger partial charge in [0, 0.05) is 19.8 Å². The summed E-state index contributed by atoms with van der Waals surface area (Å²) in [6.45, 7) is 3.78. The van der Waals surface area contributed by atoms with Gasteiger partial charge in [0.1, 0.15) is 5.82 Å². The molecule has 0 atom stereocenters. The standard InChI is InChI=1S/C22H27N5O2S/c1-4-23-22(25-14-17-10-12-19(13-11-17)30(3,28)29)27(2)16-21-24-15-20(26-21)18-8-6-5-7-9-18/h5-13,15H,4,14,16H2,1-3H3,(H,23,25)(H,24,26). The Morgan fingerprint density at radius 2 is 1.83 bits per heavy atom. The number of nitrogens with one attached hydrogen (secondary N) is 2. The van der Waals surface area contributed by atoms with Crippen molar-refractivity contribution in [1.82, 2.24) is 20.2 Å². The molecule has 8 heteroatoms. The maximum Gasteiger partial charge on any atom is 0.194 e. The highest BCUT2D eigenvalue weighted by Gasteiger charge is 2.10. The van der Waals surface area contributed by atoms with E-state index in [0.29, 0.717) is 18.0 Å². The number of aliphatic imine (C=N–C) groups is 1. The van der Waals surface area contributed by atoms with Crippen LogP contribution in [0.2, 0.25) is 0 Å². The van der Waals surface area contributed by atoms with Crippen LogP contribution in [0.5, 0.6) is 0 Å². The van der Waals surface area contributed by atoms with Gasteiger partial charge in [0.05, 0.1) is 29.9 Å². The first-order valence-electron chi connectivity index (χ1n) is 9.74. The lowest BCUT2D eigenvalue weighted by atomic mass is 10.2. The van der Waals surface area contributed by atoms with Gasteiger partial charge in [0.2, 0.25) is 0 Å². The predicted octanol–water partition coefficient (Wildman–Crippen LogP) is 3.08. The van der Waals surface area contributed by atoms with Gasteiger partial charge in [-0.2, -0.15) is 0 Å². The molecule has 7 nitrogen and oxygen atoms in total. The molecule has 0 fully saturated rings. The Kier molecular flexibility index (Phi) is 6.89. The third kappa shape index (κ3) is 5.70. The first kappa shape index (κ1) is 21.6. The van der Waals surface area contributed by atoms with Crippen LogP contribution in [-0.4, -0.2) is 49.1 Å². The predicted molar refractivity (Wildman–Crippen MR) is 120 cm³/mol. The van der Waals surface area contributed by atoms with Crippen LogP contribution in [0.15, 0.2) is 70.7 Å². The molecule has 3 aromatic rings. The molecule has 2 aromatic carbocycles. The highest BCUT2D eigenvalue weighted by molar-refractivity contribution is 7.90. The van der Waals surface area contributed by atoms with Gasteiger partial charge < -0.3 is 15.2 Å². The molecule has 0 bridgehead atoms. The second-order valence-electron chi connectivity index (χ2n) is 7.05. The molecule has 3 rings (SSSR count). The number of nitrogens with zero attached hydrogens (tertiary/aromatic N) is 3. The maximum atomic E-state index is 11.6. The highest BCUT2D eigenvalue weighted by Crippen LogP contribution is 2.16. The lowest BCUT2D eigenvalue weighted by molar-refractivity contribution is 0.464. The fraction of sp³-hybridized carbons (Fsp3) is 0.273. The van der Waals surface area contributed by atoms with E-state index in [0.717, 1.165) is 35.1 Å². The quantitative estimate of drug-likeness (QED) is 0.448. The van der Waals surface area contributed by atoms with E-state index in [1.54, 1.807) is 24.3 Å². The summed E-state index contributed by atoms with van der Waals surface area (Å²) in [5.41, 5.74) is 3.01. The Bertz CT molecular complexity index is 1090. The van der Waals surface area contributed by atoms with Crippen LogP contribution in [0.3, 0.4) is 0 Å². The average molecular weight is 426 g/mol. The molecule has 0 spiro atoms. The highest BCUT2D eigenvalue weighted by atomic mass is 32.2. The van der Waals surface area contributed by atoms with Crippen LogP contribution in [0, 0.1) is 0 Å². The van der Waals surface area contributed by atoms with Gasteiger partial charge in [-0.05, 0) is 30.2 Å². The van der Waals surface area contributed by atoms with Crippen molar-refractivity contribution in [3.8, 4) is 11.3 Å². The Morgan fingerprint density at radius 3 is 2.47 bits per heavy atom. The molecular formula is C22H27N5O2S. The van der Waals surface area contributed by atoms with Crippen molar-refractivity contribution in [2.24, 2.45) is 4.99 Å². The van der Waals surface area contributed by atoms with E-state index in [4.69, 9.17) is 0 Å².